The van der Waals surface area contributed by atoms with E-state index in [1.165, 1.54) is 12.1 Å². The molecule has 0 saturated heterocycles. The first-order chi connectivity index (χ1) is 21.3. The van der Waals surface area contributed by atoms with Gasteiger partial charge in [-0.15, -0.1) is 6.42 Å². The second-order valence-electron chi connectivity index (χ2n) is 10.1. The average molecular weight is 624 g/mol. The molecule has 0 spiro atoms. The normalized spacial score (nSPS) is 12.1. The third-order valence-electron chi connectivity index (χ3n) is 6.89. The van der Waals surface area contributed by atoms with E-state index >= 15 is 0 Å². The maximum absolute atomic E-state index is 12.8. The molecule has 3 aromatic rings. The number of carboxylic acids is 3. The van der Waals surface area contributed by atoms with Crippen molar-refractivity contribution in [2.24, 2.45) is 7.05 Å². The van der Waals surface area contributed by atoms with E-state index in [0.717, 1.165) is 5.56 Å². The second-order valence-corrected chi connectivity index (χ2v) is 10.1. The molecule has 2 atom stereocenters. The van der Waals surface area contributed by atoms with Crippen molar-refractivity contribution in [2.45, 2.75) is 44.2 Å². The van der Waals surface area contributed by atoms with Crippen LogP contribution in [0.3, 0.4) is 0 Å². The van der Waals surface area contributed by atoms with Gasteiger partial charge in [-0.2, -0.15) is 4.98 Å². The number of H-pyrrole nitrogens is 1. The SMILES string of the molecule is C#CCN(CCc1cn(C)c2nc(N)[nH]c(=O)c12)c1ccc(C(=O)N[C@@H](CCC(=O)N[C@@H](CCC(=O)O)C(=O)O)C(=O)O)cc1. The van der Waals surface area contributed by atoms with Crippen LogP contribution in [0.2, 0.25) is 0 Å². The highest BCUT2D eigenvalue weighted by Gasteiger charge is 2.25. The molecule has 1 aromatic carbocycles. The Balaban J connectivity index is 1.63. The van der Waals surface area contributed by atoms with Gasteiger partial charge >= 0.3 is 17.9 Å². The number of nitrogens with zero attached hydrogens (tertiary/aromatic N) is 3. The molecule has 0 radical (unpaired) electrons. The molecule has 16 nitrogen and oxygen atoms in total. The molecular formula is C29H33N7O9. The van der Waals surface area contributed by atoms with Gasteiger partial charge in [0.25, 0.3) is 11.5 Å². The van der Waals surface area contributed by atoms with E-state index in [2.05, 4.69) is 26.5 Å². The number of terminal acetylenes is 1. The van der Waals surface area contributed by atoms with Crippen molar-refractivity contribution in [3.63, 3.8) is 0 Å². The summed E-state index contributed by atoms with van der Waals surface area (Å²) in [4.78, 5) is 79.8. The van der Waals surface area contributed by atoms with E-state index in [0.29, 0.717) is 29.7 Å². The monoisotopic (exact) mass is 623 g/mol. The summed E-state index contributed by atoms with van der Waals surface area (Å²) in [6, 6.07) is 3.32. The van der Waals surface area contributed by atoms with Crippen LogP contribution in [0.15, 0.2) is 35.3 Å². The quantitative estimate of drug-likeness (QED) is 0.104. The Morgan fingerprint density at radius 3 is 2.27 bits per heavy atom. The van der Waals surface area contributed by atoms with Crippen LogP contribution in [0, 0.1) is 12.3 Å². The minimum atomic E-state index is -1.46. The summed E-state index contributed by atoms with van der Waals surface area (Å²) in [5.74, 6) is -3.00. The lowest BCUT2D eigenvalue weighted by Crippen LogP contribution is -2.44. The number of nitrogens with two attached hydrogens (primary N) is 1. The number of benzene rings is 1. The van der Waals surface area contributed by atoms with E-state index in [1.807, 2.05) is 4.90 Å². The predicted octanol–water partition coefficient (Wildman–Crippen LogP) is -0.0765. The maximum atomic E-state index is 12.8. The molecule has 2 aromatic heterocycles. The zero-order valence-corrected chi connectivity index (χ0v) is 24.3. The molecule has 2 heterocycles. The number of aliphatic carboxylic acids is 3. The molecule has 238 valence electrons. The third kappa shape index (κ3) is 9.07. The number of hydrogen-bond donors (Lipinski definition) is 7. The molecule has 8 N–H and O–H groups in total. The van der Waals surface area contributed by atoms with Crippen LogP contribution in [0.5, 0.6) is 0 Å². The molecule has 2 amide bonds. The van der Waals surface area contributed by atoms with Gasteiger partial charge in [-0.1, -0.05) is 5.92 Å². The van der Waals surface area contributed by atoms with Gasteiger partial charge in [0.2, 0.25) is 11.9 Å². The number of fused-ring (bicyclic) bond motifs is 1. The van der Waals surface area contributed by atoms with Gasteiger partial charge < -0.3 is 41.2 Å². The van der Waals surface area contributed by atoms with Crippen LogP contribution in [0.4, 0.5) is 11.6 Å². The number of hydrogen-bond acceptors (Lipinski definition) is 9. The molecule has 16 heteroatoms. The van der Waals surface area contributed by atoms with Crippen molar-refractivity contribution in [3.8, 4) is 12.3 Å². The minimum absolute atomic E-state index is 0.0114. The van der Waals surface area contributed by atoms with Gasteiger partial charge in [-0.05, 0) is 49.1 Å². The smallest absolute Gasteiger partial charge is 0.326 e. The lowest BCUT2D eigenvalue weighted by Gasteiger charge is -2.22. The summed E-state index contributed by atoms with van der Waals surface area (Å²) in [6.45, 7) is 0.640. The molecule has 0 bridgehead atoms. The Bertz CT molecular complexity index is 1690. The third-order valence-corrected chi connectivity index (χ3v) is 6.89. The van der Waals surface area contributed by atoms with Crippen molar-refractivity contribution in [3.05, 3.63) is 51.9 Å². The maximum Gasteiger partial charge on any atom is 0.326 e. The van der Waals surface area contributed by atoms with Gasteiger partial charge in [-0.3, -0.25) is 24.2 Å². The molecule has 0 aliphatic rings. The first kappa shape index (κ1) is 33.6. The summed E-state index contributed by atoms with van der Waals surface area (Å²) < 4.78 is 1.71. The summed E-state index contributed by atoms with van der Waals surface area (Å²) in [6.07, 6.45) is 6.21. The Hall–Kier alpha value is -5.85. The minimum Gasteiger partial charge on any atom is -0.481 e. The number of nitrogens with one attached hydrogen (secondary N) is 3. The number of aromatic amines is 1. The summed E-state index contributed by atoms with van der Waals surface area (Å²) in [5.41, 5.74) is 7.31. The molecule has 3 rings (SSSR count). The van der Waals surface area contributed by atoms with Gasteiger partial charge in [-0.25, -0.2) is 9.59 Å². The fraction of sp³-hybridized carbons (Fsp3) is 0.345. The number of anilines is 2. The molecule has 0 aliphatic carbocycles. The fourth-order valence-corrected chi connectivity index (χ4v) is 4.63. The van der Waals surface area contributed by atoms with Crippen molar-refractivity contribution < 1.29 is 39.3 Å². The zero-order valence-electron chi connectivity index (χ0n) is 24.3. The fourth-order valence-electron chi connectivity index (χ4n) is 4.63. The number of nitrogen functional groups attached to an aromatic ring is 1. The summed E-state index contributed by atoms with van der Waals surface area (Å²) in [7, 11) is 1.75. The number of carbonyl (C=O) groups excluding carboxylic acids is 2. The van der Waals surface area contributed by atoms with Crippen LogP contribution in [0.1, 0.15) is 41.6 Å². The Kier molecular flexibility index (Phi) is 11.3. The van der Waals surface area contributed by atoms with Gasteiger partial charge in [0.05, 0.1) is 11.9 Å². The molecule has 45 heavy (non-hydrogen) atoms. The highest BCUT2D eigenvalue weighted by atomic mass is 16.4. The van der Waals surface area contributed by atoms with Crippen LogP contribution in [0.25, 0.3) is 11.0 Å². The van der Waals surface area contributed by atoms with Crippen molar-refractivity contribution in [1.82, 2.24) is 25.2 Å². The average Bonchev–Trinajstić information content (AvgIpc) is 3.29. The first-order valence-electron chi connectivity index (χ1n) is 13.7. The molecule has 0 saturated carbocycles. The van der Waals surface area contributed by atoms with Crippen LogP contribution < -0.4 is 26.8 Å². The van der Waals surface area contributed by atoms with Gasteiger partial charge in [0.1, 0.15) is 17.7 Å². The van der Waals surface area contributed by atoms with E-state index < -0.39 is 54.6 Å². The Morgan fingerprint density at radius 1 is 1.04 bits per heavy atom. The highest BCUT2D eigenvalue weighted by Crippen LogP contribution is 2.20. The van der Waals surface area contributed by atoms with E-state index in [9.17, 15) is 39.0 Å². The summed E-state index contributed by atoms with van der Waals surface area (Å²) >= 11 is 0. The Morgan fingerprint density at radius 2 is 1.67 bits per heavy atom. The number of rotatable bonds is 16. The predicted molar refractivity (Wildman–Crippen MR) is 161 cm³/mol. The van der Waals surface area contributed by atoms with E-state index in [-0.39, 0.29) is 36.5 Å². The highest BCUT2D eigenvalue weighted by molar-refractivity contribution is 5.97. The first-order valence-corrected chi connectivity index (χ1v) is 13.7. The number of carboxylic acid groups (broad SMARTS) is 3. The van der Waals surface area contributed by atoms with Crippen LogP contribution >= 0.6 is 0 Å². The van der Waals surface area contributed by atoms with Crippen molar-refractivity contribution in [1.29, 1.82) is 0 Å². The number of aromatic nitrogens is 3. The topological polar surface area (TPSA) is 250 Å². The van der Waals surface area contributed by atoms with Gasteiger partial charge in [0.15, 0.2) is 0 Å². The van der Waals surface area contributed by atoms with Crippen molar-refractivity contribution in [2.75, 3.05) is 23.7 Å². The number of carbonyl (C=O) groups is 5. The number of amides is 2. The van der Waals surface area contributed by atoms with E-state index in [4.69, 9.17) is 17.3 Å². The zero-order chi connectivity index (χ0) is 33.3. The van der Waals surface area contributed by atoms with Crippen LogP contribution in [-0.4, -0.2) is 84.8 Å². The standard InChI is InChI=1S/C29H33N7O9/c1-3-13-36(14-12-17-15-35(2)24-23(17)26(41)34-29(30)33-24)18-6-4-16(5-7-18)25(40)32-20(28(44)45)8-10-21(37)31-19(27(42)43)9-11-22(38)39/h1,4-7,15,19-20H,8-14H2,2H3,(H,31,37)(H,32,40)(H,38,39)(H,42,43)(H,44,45)(H3,30,33,34,41)/t19-,20-/m0/s1. The molecular weight excluding hydrogens is 590 g/mol. The van der Waals surface area contributed by atoms with Crippen molar-refractivity contribution >= 4 is 52.4 Å². The van der Waals surface area contributed by atoms with Crippen LogP contribution in [-0.2, 0) is 32.6 Å². The number of aryl methyl sites for hydroxylation is 1. The molecule has 0 unspecified atom stereocenters. The summed E-state index contributed by atoms with van der Waals surface area (Å²) in [5, 5.41) is 32.4. The lowest BCUT2D eigenvalue weighted by molar-refractivity contribution is -0.143. The van der Waals surface area contributed by atoms with E-state index in [1.54, 1.807) is 29.9 Å². The molecule has 0 fully saturated rings. The Labute approximate surface area is 256 Å². The second kappa shape index (κ2) is 15.0. The largest absolute Gasteiger partial charge is 0.481 e. The van der Waals surface area contributed by atoms with Gasteiger partial charge in [0, 0.05) is 43.9 Å². The molecule has 0 aliphatic heterocycles. The lowest BCUT2D eigenvalue weighted by atomic mass is 10.1.